The second-order valence-corrected chi connectivity index (χ2v) is 14.8. The maximum atomic E-state index is 14.6. The largest absolute Gasteiger partial charge is 0.469 e. The molecule has 8 aliphatic rings. The Balaban J connectivity index is 1.41. The molecular weight excluding hydrogens is 620 g/mol. The molecule has 4 saturated heterocycles. The van der Waals surface area contributed by atoms with Crippen LogP contribution in [0.2, 0.25) is 0 Å². The van der Waals surface area contributed by atoms with Gasteiger partial charge in [0.2, 0.25) is 5.79 Å². The molecule has 4 heterocycles. The van der Waals surface area contributed by atoms with Gasteiger partial charge < -0.3 is 37.9 Å². The molecular formula is C37H52O11. The second-order valence-electron chi connectivity index (χ2n) is 14.8. The summed E-state index contributed by atoms with van der Waals surface area (Å²) < 4.78 is 51.0. The highest BCUT2D eigenvalue weighted by molar-refractivity contribution is 5.94. The van der Waals surface area contributed by atoms with E-state index in [1.807, 2.05) is 26.8 Å². The molecule has 0 N–H and O–H groups in total. The molecule has 0 aromatic heterocycles. The summed E-state index contributed by atoms with van der Waals surface area (Å²) in [4.78, 5) is 43.1. The van der Waals surface area contributed by atoms with Crippen molar-refractivity contribution >= 4 is 17.9 Å². The van der Waals surface area contributed by atoms with Crippen LogP contribution in [0.3, 0.4) is 0 Å². The molecule has 6 bridgehead atoms. The van der Waals surface area contributed by atoms with Crippen molar-refractivity contribution in [1.82, 2.24) is 0 Å². The molecule has 0 aromatic rings. The third-order valence-electron chi connectivity index (χ3n) is 13.1. The first-order chi connectivity index (χ1) is 23.2. The summed E-state index contributed by atoms with van der Waals surface area (Å²) in [6, 6.07) is 0. The van der Waals surface area contributed by atoms with Gasteiger partial charge in [-0.15, -0.1) is 0 Å². The molecule has 8 rings (SSSR count). The molecule has 266 valence electrons. The third kappa shape index (κ3) is 4.20. The smallest absolute Gasteiger partial charge is 0.318 e. The van der Waals surface area contributed by atoms with E-state index >= 15 is 0 Å². The zero-order valence-corrected chi connectivity index (χ0v) is 29.0. The van der Waals surface area contributed by atoms with Gasteiger partial charge in [-0.25, -0.2) is 0 Å². The molecule has 0 amide bonds. The number of esters is 3. The van der Waals surface area contributed by atoms with Gasteiger partial charge in [-0.1, -0.05) is 37.1 Å². The van der Waals surface area contributed by atoms with Crippen LogP contribution >= 0.6 is 0 Å². The van der Waals surface area contributed by atoms with Crippen LogP contribution in [0, 0.1) is 40.4 Å². The van der Waals surface area contributed by atoms with Gasteiger partial charge in [0.15, 0.2) is 17.7 Å². The van der Waals surface area contributed by atoms with Gasteiger partial charge in [0, 0.05) is 31.3 Å². The average Bonchev–Trinajstić information content (AvgIpc) is 3.78. The highest BCUT2D eigenvalue weighted by Crippen LogP contribution is 2.87. The van der Waals surface area contributed by atoms with Gasteiger partial charge in [-0.05, 0) is 71.1 Å². The third-order valence-corrected chi connectivity index (χ3v) is 13.1. The molecule has 4 saturated carbocycles. The number of hydrogen-bond acceptors (Lipinski definition) is 11. The molecule has 8 fully saturated rings. The van der Waals surface area contributed by atoms with Crippen molar-refractivity contribution in [3.8, 4) is 0 Å². The molecule has 0 aromatic carbocycles. The SMILES string of the molecule is C/C=C/CCCCC[C@@H]1[C@H]2C[C@H](C3(CC/C=C/C)OCCO3)O[C@@]34OC(=O)[C@@]56CC(OCC)O[C@]53[C@@H]1[C@](C(=O)OC)(C6)[C@H](C(=O)OC)[C@@H]24. The van der Waals surface area contributed by atoms with Crippen LogP contribution < -0.4 is 0 Å². The Morgan fingerprint density at radius 2 is 1.73 bits per heavy atom. The minimum Gasteiger partial charge on any atom is -0.469 e. The van der Waals surface area contributed by atoms with E-state index in [0.29, 0.717) is 39.1 Å². The van der Waals surface area contributed by atoms with Gasteiger partial charge in [0.05, 0.1) is 38.8 Å². The highest BCUT2D eigenvalue weighted by atomic mass is 16.8. The van der Waals surface area contributed by atoms with E-state index in [0.717, 1.165) is 32.1 Å². The number of carbonyl (C=O) groups excluding carboxylic acids is 3. The fourth-order valence-electron chi connectivity index (χ4n) is 11.8. The maximum absolute atomic E-state index is 14.6. The van der Waals surface area contributed by atoms with Gasteiger partial charge >= 0.3 is 17.9 Å². The van der Waals surface area contributed by atoms with Gasteiger partial charge in [0.1, 0.15) is 11.5 Å². The molecule has 48 heavy (non-hydrogen) atoms. The van der Waals surface area contributed by atoms with Crippen LogP contribution in [0.4, 0.5) is 0 Å². The van der Waals surface area contributed by atoms with Crippen molar-refractivity contribution < 1.29 is 52.3 Å². The summed E-state index contributed by atoms with van der Waals surface area (Å²) in [6.07, 6.45) is 13.8. The van der Waals surface area contributed by atoms with Crippen molar-refractivity contribution in [3.05, 3.63) is 24.3 Å². The topological polar surface area (TPSA) is 125 Å². The number of allylic oxidation sites excluding steroid dienone is 4. The van der Waals surface area contributed by atoms with Crippen LogP contribution in [0.25, 0.3) is 0 Å². The van der Waals surface area contributed by atoms with Crippen molar-refractivity contribution in [3.63, 3.8) is 0 Å². The molecule has 11 nitrogen and oxygen atoms in total. The Morgan fingerprint density at radius 3 is 2.42 bits per heavy atom. The number of ether oxygens (including phenoxy) is 8. The molecule has 0 radical (unpaired) electrons. The fraction of sp³-hybridized carbons (Fsp3) is 0.811. The summed E-state index contributed by atoms with van der Waals surface area (Å²) >= 11 is 0. The normalized spacial score (nSPS) is 44.4. The first kappa shape index (κ1) is 34.2. The molecule has 2 spiro atoms. The number of unbranched alkanes of at least 4 members (excludes halogenated alkanes) is 3. The predicted molar refractivity (Wildman–Crippen MR) is 170 cm³/mol. The Labute approximate surface area is 283 Å². The monoisotopic (exact) mass is 672 g/mol. The lowest BCUT2D eigenvalue weighted by atomic mass is 9.38. The second kappa shape index (κ2) is 12.5. The highest BCUT2D eigenvalue weighted by Gasteiger charge is 3.00. The zero-order chi connectivity index (χ0) is 34.0. The van der Waals surface area contributed by atoms with Crippen LogP contribution in [0.5, 0.6) is 0 Å². The van der Waals surface area contributed by atoms with E-state index in [4.69, 9.17) is 37.9 Å². The predicted octanol–water partition coefficient (Wildman–Crippen LogP) is 5.01. The van der Waals surface area contributed by atoms with E-state index in [1.54, 1.807) is 0 Å². The van der Waals surface area contributed by atoms with Crippen LogP contribution in [0.1, 0.15) is 85.0 Å². The number of hydrogen-bond donors (Lipinski definition) is 0. The Hall–Kier alpha value is -2.31. The lowest BCUT2D eigenvalue weighted by molar-refractivity contribution is -0.452. The van der Waals surface area contributed by atoms with Gasteiger partial charge in [-0.2, -0.15) is 0 Å². The molecule has 4 aliphatic heterocycles. The fourth-order valence-corrected chi connectivity index (χ4v) is 11.8. The van der Waals surface area contributed by atoms with Crippen LogP contribution in [0.15, 0.2) is 24.3 Å². The lowest BCUT2D eigenvalue weighted by Crippen LogP contribution is -2.82. The standard InChI is InChI=1S/C37H52O11/c1-6-9-11-12-13-14-16-23-24-20-25(35(17-15-10-7-2)44-18-19-45-35)46-37-27(24)28(30(38)41-4)34(32(40)42-5)22-33(31(39)48-37)21-26(43-8-3)47-36(33,37)29(23)34/h6-7,9-10,23-29H,8,11-22H2,1-5H3/b9-6+,10-7+/t23-,24-,25-,26?,27-,28+,29+,33+,34+,36-,37+/m1/s1. The minimum atomic E-state index is -1.67. The van der Waals surface area contributed by atoms with E-state index in [-0.39, 0.29) is 24.7 Å². The average molecular weight is 673 g/mol. The Bertz CT molecular complexity index is 1340. The lowest BCUT2D eigenvalue weighted by Gasteiger charge is -2.70. The quantitative estimate of drug-likeness (QED) is 0.107. The van der Waals surface area contributed by atoms with Crippen molar-refractivity contribution in [2.24, 2.45) is 40.4 Å². The summed E-state index contributed by atoms with van der Waals surface area (Å²) in [6.45, 7) is 7.13. The van der Waals surface area contributed by atoms with Crippen molar-refractivity contribution in [2.75, 3.05) is 34.0 Å². The Morgan fingerprint density at radius 1 is 0.979 bits per heavy atom. The minimum absolute atomic E-state index is 0.0513. The van der Waals surface area contributed by atoms with Gasteiger partial charge in [-0.3, -0.25) is 14.4 Å². The summed E-state index contributed by atoms with van der Waals surface area (Å²) in [5, 5.41) is 0. The van der Waals surface area contributed by atoms with E-state index in [9.17, 15) is 14.4 Å². The summed E-state index contributed by atoms with van der Waals surface area (Å²) in [5.41, 5.74) is -4.01. The first-order valence-corrected chi connectivity index (χ1v) is 18.1. The number of methoxy groups -OCH3 is 2. The van der Waals surface area contributed by atoms with E-state index < -0.39 is 76.1 Å². The van der Waals surface area contributed by atoms with Crippen molar-refractivity contribution in [2.45, 2.75) is 115 Å². The molecule has 1 unspecified atom stereocenters. The maximum Gasteiger partial charge on any atom is 0.318 e. The Kier molecular flexibility index (Phi) is 8.88. The summed E-state index contributed by atoms with van der Waals surface area (Å²) in [5.74, 6) is -6.74. The zero-order valence-electron chi connectivity index (χ0n) is 29.0. The number of carbonyl (C=O) groups is 3. The summed E-state index contributed by atoms with van der Waals surface area (Å²) in [7, 11) is 2.71. The van der Waals surface area contributed by atoms with E-state index in [2.05, 4.69) is 18.2 Å². The van der Waals surface area contributed by atoms with E-state index in [1.165, 1.54) is 14.2 Å². The van der Waals surface area contributed by atoms with Crippen LogP contribution in [-0.2, 0) is 52.3 Å². The molecule has 4 aliphatic carbocycles. The van der Waals surface area contributed by atoms with Crippen molar-refractivity contribution in [1.29, 1.82) is 0 Å². The molecule has 11 atom stereocenters. The first-order valence-electron chi connectivity index (χ1n) is 18.1. The van der Waals surface area contributed by atoms with Crippen LogP contribution in [-0.4, -0.2) is 81.5 Å². The number of rotatable bonds is 14. The van der Waals surface area contributed by atoms with Gasteiger partial charge in [0.25, 0.3) is 0 Å². The molecule has 11 heteroatoms.